The zero-order valence-electron chi connectivity index (χ0n) is 11.0. The highest BCUT2D eigenvalue weighted by molar-refractivity contribution is 9.10. The van der Waals surface area contributed by atoms with Crippen LogP contribution < -0.4 is 10.6 Å². The third-order valence-electron chi connectivity index (χ3n) is 3.52. The number of nitrogens with two attached hydrogens (primary N) is 1. The zero-order chi connectivity index (χ0) is 14.1. The Balaban J connectivity index is 1.99. The van der Waals surface area contributed by atoms with Crippen LogP contribution in [-0.2, 0) is 6.42 Å². The molecule has 1 aliphatic rings. The number of nitrogen functional groups attached to an aromatic ring is 1. The van der Waals surface area contributed by atoms with Crippen LogP contribution in [0.4, 0.5) is 11.4 Å². The average Bonchev–Trinajstić information content (AvgIpc) is 2.45. The Kier molecular flexibility index (Phi) is 3.49. The molecule has 1 amide bonds. The first kappa shape index (κ1) is 13.2. The molecular formula is C16H15BrN2O. The van der Waals surface area contributed by atoms with Crippen LogP contribution >= 0.6 is 15.9 Å². The average molecular weight is 331 g/mol. The quantitative estimate of drug-likeness (QED) is 0.811. The third-order valence-corrected chi connectivity index (χ3v) is 3.98. The highest BCUT2D eigenvalue weighted by Gasteiger charge is 2.23. The van der Waals surface area contributed by atoms with E-state index in [-0.39, 0.29) is 5.91 Å². The first-order valence-corrected chi connectivity index (χ1v) is 7.40. The number of hydrogen-bond donors (Lipinski definition) is 1. The number of carbonyl (C=O) groups excluding carboxylic acids is 1. The van der Waals surface area contributed by atoms with Crippen LogP contribution in [0.25, 0.3) is 0 Å². The molecule has 3 nitrogen and oxygen atoms in total. The normalized spacial score (nSPS) is 13.9. The van der Waals surface area contributed by atoms with Gasteiger partial charge in [-0.3, -0.25) is 4.79 Å². The van der Waals surface area contributed by atoms with Gasteiger partial charge >= 0.3 is 0 Å². The van der Waals surface area contributed by atoms with E-state index in [0.29, 0.717) is 11.3 Å². The van der Waals surface area contributed by atoms with Crippen molar-refractivity contribution < 1.29 is 4.79 Å². The lowest BCUT2D eigenvalue weighted by atomic mass is 10.0. The van der Waals surface area contributed by atoms with Crippen LogP contribution in [-0.4, -0.2) is 12.5 Å². The second-order valence-corrected chi connectivity index (χ2v) is 5.88. The Morgan fingerprint density at radius 1 is 1.20 bits per heavy atom. The molecule has 0 radical (unpaired) electrons. The van der Waals surface area contributed by atoms with E-state index in [1.165, 1.54) is 5.56 Å². The van der Waals surface area contributed by atoms with Crippen molar-refractivity contribution in [3.63, 3.8) is 0 Å². The maximum absolute atomic E-state index is 12.7. The maximum atomic E-state index is 12.7. The number of halogens is 1. The van der Waals surface area contributed by atoms with Crippen molar-refractivity contribution in [2.24, 2.45) is 0 Å². The van der Waals surface area contributed by atoms with E-state index >= 15 is 0 Å². The summed E-state index contributed by atoms with van der Waals surface area (Å²) >= 11 is 3.39. The predicted octanol–water partition coefficient (Wildman–Crippen LogP) is 3.62. The summed E-state index contributed by atoms with van der Waals surface area (Å²) in [4.78, 5) is 14.6. The van der Waals surface area contributed by atoms with Gasteiger partial charge in [-0.15, -0.1) is 0 Å². The fourth-order valence-electron chi connectivity index (χ4n) is 2.64. The Bertz CT molecular complexity index is 649. The zero-order valence-corrected chi connectivity index (χ0v) is 12.6. The van der Waals surface area contributed by atoms with E-state index in [4.69, 9.17) is 5.73 Å². The fourth-order valence-corrected chi connectivity index (χ4v) is 3.15. The number of carbonyl (C=O) groups is 1. The van der Waals surface area contributed by atoms with E-state index in [9.17, 15) is 4.79 Å². The number of hydrogen-bond acceptors (Lipinski definition) is 2. The van der Waals surface area contributed by atoms with E-state index in [1.54, 1.807) is 12.1 Å². The van der Waals surface area contributed by atoms with Crippen molar-refractivity contribution >= 4 is 33.2 Å². The highest BCUT2D eigenvalue weighted by Crippen LogP contribution is 2.29. The summed E-state index contributed by atoms with van der Waals surface area (Å²) < 4.78 is 0.825. The number of benzene rings is 2. The molecule has 0 saturated carbocycles. The van der Waals surface area contributed by atoms with Gasteiger partial charge < -0.3 is 10.6 Å². The minimum Gasteiger partial charge on any atom is -0.399 e. The Morgan fingerprint density at radius 3 is 2.80 bits per heavy atom. The highest BCUT2D eigenvalue weighted by atomic mass is 79.9. The summed E-state index contributed by atoms with van der Waals surface area (Å²) in [7, 11) is 0. The summed E-state index contributed by atoms with van der Waals surface area (Å²) in [6.45, 7) is 0.752. The van der Waals surface area contributed by atoms with Crippen LogP contribution in [0.1, 0.15) is 22.3 Å². The molecule has 1 heterocycles. The molecule has 2 N–H and O–H groups in total. The molecule has 0 spiro atoms. The predicted molar refractivity (Wildman–Crippen MR) is 85.0 cm³/mol. The van der Waals surface area contributed by atoms with Gasteiger partial charge in [0, 0.05) is 28.0 Å². The van der Waals surface area contributed by atoms with Gasteiger partial charge in [-0.1, -0.05) is 34.1 Å². The summed E-state index contributed by atoms with van der Waals surface area (Å²) in [5.41, 5.74) is 9.28. The number of aryl methyl sites for hydroxylation is 1. The van der Waals surface area contributed by atoms with Crippen LogP contribution in [0.15, 0.2) is 46.9 Å². The van der Waals surface area contributed by atoms with E-state index < -0.39 is 0 Å². The third kappa shape index (κ3) is 2.43. The monoisotopic (exact) mass is 330 g/mol. The standard InChI is InChI=1S/C16H15BrN2O/c17-13-8-12(9-14(18)10-13)16(20)19-7-3-5-11-4-1-2-6-15(11)19/h1-2,4,6,8-10H,3,5,7,18H2. The molecule has 4 heteroatoms. The molecule has 2 aromatic carbocycles. The van der Waals surface area contributed by atoms with Crippen molar-refractivity contribution in [3.8, 4) is 0 Å². The number of nitrogens with zero attached hydrogens (tertiary/aromatic N) is 1. The number of fused-ring (bicyclic) bond motifs is 1. The number of para-hydroxylation sites is 1. The topological polar surface area (TPSA) is 46.3 Å². The molecule has 0 aliphatic carbocycles. The Labute approximate surface area is 126 Å². The lowest BCUT2D eigenvalue weighted by Gasteiger charge is -2.29. The second-order valence-electron chi connectivity index (χ2n) is 4.96. The molecular weight excluding hydrogens is 316 g/mol. The van der Waals surface area contributed by atoms with Gasteiger partial charge in [-0.25, -0.2) is 0 Å². The first-order valence-electron chi connectivity index (χ1n) is 6.61. The van der Waals surface area contributed by atoms with Crippen molar-refractivity contribution in [1.29, 1.82) is 0 Å². The van der Waals surface area contributed by atoms with E-state index in [2.05, 4.69) is 22.0 Å². The first-order chi connectivity index (χ1) is 9.65. The molecule has 0 unspecified atom stereocenters. The van der Waals surface area contributed by atoms with Crippen LogP contribution in [0.3, 0.4) is 0 Å². The van der Waals surface area contributed by atoms with E-state index in [1.807, 2.05) is 29.2 Å². The number of rotatable bonds is 1. The molecule has 102 valence electrons. The molecule has 1 aliphatic heterocycles. The summed E-state index contributed by atoms with van der Waals surface area (Å²) in [6.07, 6.45) is 2.02. The Hall–Kier alpha value is -1.81. The molecule has 20 heavy (non-hydrogen) atoms. The van der Waals surface area contributed by atoms with Gasteiger partial charge in [0.15, 0.2) is 0 Å². The fraction of sp³-hybridized carbons (Fsp3) is 0.188. The van der Waals surface area contributed by atoms with Gasteiger partial charge in [0.25, 0.3) is 5.91 Å². The molecule has 0 bridgehead atoms. The molecule has 0 atom stereocenters. The lowest BCUT2D eigenvalue weighted by molar-refractivity contribution is 0.0985. The van der Waals surface area contributed by atoms with Gasteiger partial charge in [0.05, 0.1) is 0 Å². The SMILES string of the molecule is Nc1cc(Br)cc(C(=O)N2CCCc3ccccc32)c1. The largest absolute Gasteiger partial charge is 0.399 e. The molecule has 2 aromatic rings. The van der Waals surface area contributed by atoms with Crippen LogP contribution in [0.2, 0.25) is 0 Å². The minimum atomic E-state index is 0.00477. The van der Waals surface area contributed by atoms with Gasteiger partial charge in [0.1, 0.15) is 0 Å². The van der Waals surface area contributed by atoms with Gasteiger partial charge in [0.2, 0.25) is 0 Å². The van der Waals surface area contributed by atoms with Gasteiger partial charge in [-0.05, 0) is 42.7 Å². The van der Waals surface area contributed by atoms with Crippen molar-refractivity contribution in [2.75, 3.05) is 17.2 Å². The molecule has 3 rings (SSSR count). The number of amides is 1. The van der Waals surface area contributed by atoms with Crippen molar-refractivity contribution in [3.05, 3.63) is 58.1 Å². The molecule has 0 fully saturated rings. The lowest BCUT2D eigenvalue weighted by Crippen LogP contribution is -2.35. The van der Waals surface area contributed by atoms with Crippen LogP contribution in [0, 0.1) is 0 Å². The maximum Gasteiger partial charge on any atom is 0.258 e. The van der Waals surface area contributed by atoms with Crippen molar-refractivity contribution in [1.82, 2.24) is 0 Å². The number of anilines is 2. The second kappa shape index (κ2) is 5.29. The molecule has 0 aromatic heterocycles. The Morgan fingerprint density at radius 2 is 2.00 bits per heavy atom. The smallest absolute Gasteiger partial charge is 0.258 e. The summed E-state index contributed by atoms with van der Waals surface area (Å²) in [6, 6.07) is 13.4. The summed E-state index contributed by atoms with van der Waals surface area (Å²) in [5, 5.41) is 0. The minimum absolute atomic E-state index is 0.00477. The van der Waals surface area contributed by atoms with Crippen molar-refractivity contribution in [2.45, 2.75) is 12.8 Å². The van der Waals surface area contributed by atoms with Crippen LogP contribution in [0.5, 0.6) is 0 Å². The molecule has 0 saturated heterocycles. The summed E-state index contributed by atoms with van der Waals surface area (Å²) in [5.74, 6) is 0.00477. The van der Waals surface area contributed by atoms with Gasteiger partial charge in [-0.2, -0.15) is 0 Å². The van der Waals surface area contributed by atoms with E-state index in [0.717, 1.165) is 29.5 Å².